The average Bonchev–Trinajstić information content (AvgIpc) is 3.17. The van der Waals surface area contributed by atoms with Crippen molar-refractivity contribution in [1.29, 1.82) is 0 Å². The minimum Gasteiger partial charge on any atom is -0.490 e. The van der Waals surface area contributed by atoms with E-state index >= 15 is 0 Å². The van der Waals surface area contributed by atoms with E-state index < -0.39 is 0 Å². The fourth-order valence-electron chi connectivity index (χ4n) is 3.10. The molecule has 0 unspecified atom stereocenters. The molecule has 1 aromatic heterocycles. The van der Waals surface area contributed by atoms with E-state index in [9.17, 15) is 4.79 Å². The number of rotatable bonds is 7. The molecule has 0 saturated carbocycles. The Labute approximate surface area is 179 Å². The van der Waals surface area contributed by atoms with Gasteiger partial charge in [0.15, 0.2) is 0 Å². The van der Waals surface area contributed by atoms with Gasteiger partial charge in [-0.3, -0.25) is 9.48 Å². The topological polar surface area (TPSA) is 71.8 Å². The highest BCUT2D eigenvalue weighted by Crippen LogP contribution is 2.35. The summed E-state index contributed by atoms with van der Waals surface area (Å²) in [6.07, 6.45) is 4.27. The van der Waals surface area contributed by atoms with E-state index in [1.165, 1.54) is 5.01 Å². The van der Waals surface area contributed by atoms with Crippen LogP contribution in [-0.4, -0.2) is 40.6 Å². The van der Waals surface area contributed by atoms with E-state index in [1.807, 2.05) is 32.3 Å². The maximum atomic E-state index is 11.4. The highest BCUT2D eigenvalue weighted by molar-refractivity contribution is 7.99. The fourth-order valence-corrected chi connectivity index (χ4v) is 4.00. The van der Waals surface area contributed by atoms with Crippen molar-refractivity contribution in [3.05, 3.63) is 65.5 Å². The van der Waals surface area contributed by atoms with Crippen molar-refractivity contribution in [2.24, 2.45) is 12.1 Å². The molecule has 0 aliphatic carbocycles. The van der Waals surface area contributed by atoms with Gasteiger partial charge >= 0.3 is 0 Å². The second-order valence-electron chi connectivity index (χ2n) is 6.98. The minimum absolute atomic E-state index is 0.332. The number of benzene rings is 2. The van der Waals surface area contributed by atoms with Crippen LogP contribution in [0.5, 0.6) is 5.75 Å². The molecule has 4 rings (SSSR count). The summed E-state index contributed by atoms with van der Waals surface area (Å²) in [7, 11) is 1.84. The first-order chi connectivity index (χ1) is 14.6. The molecule has 0 bridgehead atoms. The predicted molar refractivity (Wildman–Crippen MR) is 118 cm³/mol. The van der Waals surface area contributed by atoms with E-state index in [4.69, 9.17) is 4.74 Å². The van der Waals surface area contributed by atoms with Crippen LogP contribution >= 0.6 is 11.8 Å². The Balaban J connectivity index is 1.48. The molecule has 0 saturated heterocycles. The number of aryl methyl sites for hydroxylation is 2. The first-order valence-corrected chi connectivity index (χ1v) is 10.5. The highest BCUT2D eigenvalue weighted by atomic mass is 32.2. The van der Waals surface area contributed by atoms with Crippen molar-refractivity contribution in [2.75, 3.05) is 18.5 Å². The van der Waals surface area contributed by atoms with Gasteiger partial charge in [0.1, 0.15) is 12.4 Å². The van der Waals surface area contributed by atoms with Gasteiger partial charge in [-0.15, -0.1) is 0 Å². The van der Waals surface area contributed by atoms with E-state index in [0.717, 1.165) is 44.6 Å². The number of nitrogens with zero attached hydrogens (tertiary/aromatic N) is 4. The SMILES string of the molecule is Cc1ccc(Sc2ccc3c(c2)NCCO3)cc1/C=N\N(C=O)Cc1ccn(C)n1. The summed E-state index contributed by atoms with van der Waals surface area (Å²) >= 11 is 1.68. The Morgan fingerprint density at radius 3 is 2.90 bits per heavy atom. The number of hydrogen-bond donors (Lipinski definition) is 1. The van der Waals surface area contributed by atoms with Crippen LogP contribution in [0.3, 0.4) is 0 Å². The molecule has 0 atom stereocenters. The number of amides is 1. The van der Waals surface area contributed by atoms with E-state index in [2.05, 4.69) is 45.8 Å². The molecule has 2 aromatic carbocycles. The molecule has 154 valence electrons. The Morgan fingerprint density at radius 2 is 2.10 bits per heavy atom. The zero-order valence-electron chi connectivity index (χ0n) is 16.9. The zero-order chi connectivity index (χ0) is 20.9. The fraction of sp³-hybridized carbons (Fsp3) is 0.227. The van der Waals surface area contributed by atoms with Crippen LogP contribution in [0, 0.1) is 6.92 Å². The molecular weight excluding hydrogens is 398 g/mol. The number of aromatic nitrogens is 2. The van der Waals surface area contributed by atoms with E-state index in [0.29, 0.717) is 19.6 Å². The number of carbonyl (C=O) groups is 1. The highest BCUT2D eigenvalue weighted by Gasteiger charge is 2.11. The van der Waals surface area contributed by atoms with Gasteiger partial charge in [0, 0.05) is 29.6 Å². The number of ether oxygens (including phenoxy) is 1. The smallest absolute Gasteiger partial charge is 0.230 e. The molecule has 0 radical (unpaired) electrons. The molecule has 1 aliphatic rings. The molecular formula is C22H23N5O2S. The van der Waals surface area contributed by atoms with Crippen LogP contribution in [0.2, 0.25) is 0 Å². The van der Waals surface area contributed by atoms with Gasteiger partial charge in [-0.05, 0) is 54.4 Å². The summed E-state index contributed by atoms with van der Waals surface area (Å²) in [5.74, 6) is 0.893. The van der Waals surface area contributed by atoms with Gasteiger partial charge in [0.25, 0.3) is 0 Å². The lowest BCUT2D eigenvalue weighted by molar-refractivity contribution is -0.118. The van der Waals surface area contributed by atoms with Crippen LogP contribution in [0.1, 0.15) is 16.8 Å². The summed E-state index contributed by atoms with van der Waals surface area (Å²) in [6.45, 7) is 3.87. The Morgan fingerprint density at radius 1 is 1.27 bits per heavy atom. The third kappa shape index (κ3) is 4.83. The van der Waals surface area contributed by atoms with Crippen molar-refractivity contribution >= 4 is 30.1 Å². The predicted octanol–water partition coefficient (Wildman–Crippen LogP) is 3.68. The standard InChI is InChI=1S/C22H23N5O2S/c1-16-3-4-19(30-20-5-6-22-21(12-20)23-8-10-29-22)11-17(16)13-24-27(15-28)14-18-7-9-26(2)25-18/h3-7,9,11-13,15,23H,8,10,14H2,1-2H3/b24-13-. The lowest BCUT2D eigenvalue weighted by atomic mass is 10.1. The first-order valence-electron chi connectivity index (χ1n) is 9.64. The zero-order valence-corrected chi connectivity index (χ0v) is 17.7. The van der Waals surface area contributed by atoms with Gasteiger partial charge < -0.3 is 10.1 Å². The minimum atomic E-state index is 0.332. The maximum absolute atomic E-state index is 11.4. The van der Waals surface area contributed by atoms with E-state index in [1.54, 1.807) is 22.7 Å². The van der Waals surface area contributed by atoms with Gasteiger partial charge in [0.2, 0.25) is 6.41 Å². The second kappa shape index (κ2) is 9.04. The number of anilines is 1. The van der Waals surface area contributed by atoms with Crippen molar-refractivity contribution < 1.29 is 9.53 Å². The summed E-state index contributed by atoms with van der Waals surface area (Å²) in [5.41, 5.74) is 3.86. The van der Waals surface area contributed by atoms with Crippen LogP contribution in [0.4, 0.5) is 5.69 Å². The number of nitrogens with one attached hydrogen (secondary N) is 1. The lowest BCUT2D eigenvalue weighted by Crippen LogP contribution is -2.17. The number of carbonyl (C=O) groups excluding carboxylic acids is 1. The molecule has 0 fully saturated rings. The van der Waals surface area contributed by atoms with Crippen molar-refractivity contribution in [2.45, 2.75) is 23.3 Å². The van der Waals surface area contributed by atoms with Gasteiger partial charge in [-0.1, -0.05) is 17.8 Å². The third-order valence-corrected chi connectivity index (χ3v) is 5.65. The van der Waals surface area contributed by atoms with Crippen molar-refractivity contribution in [3.8, 4) is 5.75 Å². The average molecular weight is 422 g/mol. The Hall–Kier alpha value is -3.26. The van der Waals surface area contributed by atoms with Gasteiger partial charge in [0.05, 0.1) is 24.1 Å². The molecule has 2 heterocycles. The Bertz CT molecular complexity index is 1080. The molecule has 3 aromatic rings. The number of hydrogen-bond acceptors (Lipinski definition) is 6. The maximum Gasteiger partial charge on any atom is 0.230 e. The summed E-state index contributed by atoms with van der Waals surface area (Å²) < 4.78 is 7.35. The lowest BCUT2D eigenvalue weighted by Gasteiger charge is -2.19. The van der Waals surface area contributed by atoms with Gasteiger partial charge in [-0.2, -0.15) is 10.2 Å². The molecule has 0 spiro atoms. The van der Waals surface area contributed by atoms with Crippen LogP contribution < -0.4 is 10.1 Å². The van der Waals surface area contributed by atoms with Crippen LogP contribution in [-0.2, 0) is 18.4 Å². The number of hydrazone groups is 1. The van der Waals surface area contributed by atoms with Crippen molar-refractivity contribution in [1.82, 2.24) is 14.8 Å². The largest absolute Gasteiger partial charge is 0.490 e. The number of fused-ring (bicyclic) bond motifs is 1. The normalized spacial score (nSPS) is 12.9. The van der Waals surface area contributed by atoms with Gasteiger partial charge in [-0.25, -0.2) is 5.01 Å². The summed E-state index contributed by atoms with van der Waals surface area (Å²) in [5, 5.41) is 13.3. The Kier molecular flexibility index (Phi) is 6.04. The molecule has 1 N–H and O–H groups in total. The third-order valence-electron chi connectivity index (χ3n) is 4.67. The van der Waals surface area contributed by atoms with Crippen LogP contribution in [0.15, 0.2) is 63.6 Å². The van der Waals surface area contributed by atoms with Crippen LogP contribution in [0.25, 0.3) is 0 Å². The summed E-state index contributed by atoms with van der Waals surface area (Å²) in [6, 6.07) is 14.3. The quantitative estimate of drug-likeness (QED) is 0.358. The first kappa shape index (κ1) is 20.0. The molecule has 8 heteroatoms. The molecule has 7 nitrogen and oxygen atoms in total. The molecule has 1 amide bonds. The van der Waals surface area contributed by atoms with Crippen molar-refractivity contribution in [3.63, 3.8) is 0 Å². The molecule has 30 heavy (non-hydrogen) atoms. The second-order valence-corrected chi connectivity index (χ2v) is 8.13. The molecule has 1 aliphatic heterocycles. The van der Waals surface area contributed by atoms with E-state index in [-0.39, 0.29) is 0 Å². The monoisotopic (exact) mass is 421 g/mol. The summed E-state index contributed by atoms with van der Waals surface area (Å²) in [4.78, 5) is 13.6.